The van der Waals surface area contributed by atoms with Gasteiger partial charge in [-0.05, 0) is 56.7 Å². The first-order valence-corrected chi connectivity index (χ1v) is 12.6. The Morgan fingerprint density at radius 2 is 1.72 bits per heavy atom. The second kappa shape index (κ2) is 12.3. The van der Waals surface area contributed by atoms with Crippen LogP contribution in [0, 0.1) is 5.92 Å². The molecule has 1 N–H and O–H groups in total. The van der Waals surface area contributed by atoms with Crippen LogP contribution in [-0.4, -0.2) is 66.8 Å². The molecule has 8 heteroatoms. The molecule has 2 fully saturated rings. The van der Waals surface area contributed by atoms with Crippen LogP contribution in [0.15, 0.2) is 60.7 Å². The zero-order valence-electron chi connectivity index (χ0n) is 21.2. The Kier molecular flexibility index (Phi) is 9.11. The minimum Gasteiger partial charge on any atom is -0.396 e. The molecule has 8 nitrogen and oxygen atoms in total. The third-order valence-corrected chi connectivity index (χ3v) is 6.56. The molecule has 0 amide bonds. The van der Waals surface area contributed by atoms with Crippen LogP contribution in [0.3, 0.4) is 0 Å². The Hall–Kier alpha value is -2.33. The highest BCUT2D eigenvalue weighted by Gasteiger charge is 2.55. The topological polar surface area (TPSA) is 86.7 Å². The van der Waals surface area contributed by atoms with Gasteiger partial charge in [-0.25, -0.2) is 4.79 Å². The number of benzene rings is 2. The van der Waals surface area contributed by atoms with E-state index < -0.39 is 18.0 Å². The van der Waals surface area contributed by atoms with Gasteiger partial charge in [0.25, 0.3) is 0 Å². The van der Waals surface area contributed by atoms with Gasteiger partial charge in [-0.3, -0.25) is 0 Å². The van der Waals surface area contributed by atoms with E-state index >= 15 is 0 Å². The number of rotatable bonds is 12. The molecular weight excluding hydrogens is 462 g/mol. The molecule has 0 aliphatic carbocycles. The van der Waals surface area contributed by atoms with E-state index in [2.05, 4.69) is 0 Å². The van der Waals surface area contributed by atoms with Crippen molar-refractivity contribution < 1.29 is 33.7 Å². The van der Waals surface area contributed by atoms with Crippen LogP contribution in [-0.2, 0) is 30.3 Å². The Bertz CT molecular complexity index is 955. The quantitative estimate of drug-likeness (QED) is 0.440. The molecule has 5 atom stereocenters. The maximum absolute atomic E-state index is 12.9. The number of ether oxygens (including phenoxy) is 4. The fourth-order valence-electron chi connectivity index (χ4n) is 4.97. The minimum atomic E-state index is -0.709. The summed E-state index contributed by atoms with van der Waals surface area (Å²) in [6.45, 7) is 4.79. The molecule has 2 saturated heterocycles. The van der Waals surface area contributed by atoms with Gasteiger partial charge in [0.15, 0.2) is 12.1 Å². The van der Waals surface area contributed by atoms with Crippen LogP contribution >= 0.6 is 0 Å². The van der Waals surface area contributed by atoms with E-state index in [0.29, 0.717) is 31.5 Å². The summed E-state index contributed by atoms with van der Waals surface area (Å²) < 4.78 is 23.9. The molecule has 2 aliphatic rings. The summed E-state index contributed by atoms with van der Waals surface area (Å²) in [4.78, 5) is 18.8. The molecule has 2 aromatic carbocycles. The summed E-state index contributed by atoms with van der Waals surface area (Å²) in [5.41, 5.74) is 1.52. The monoisotopic (exact) mass is 499 g/mol. The molecule has 2 unspecified atom stereocenters. The van der Waals surface area contributed by atoms with Gasteiger partial charge in [0.1, 0.15) is 12.2 Å². The number of hydrogen-bond acceptors (Lipinski definition) is 8. The molecule has 4 rings (SSSR count). The highest BCUT2D eigenvalue weighted by atomic mass is 16.8. The number of hydroxylamine groups is 2. The van der Waals surface area contributed by atoms with E-state index in [0.717, 1.165) is 12.0 Å². The van der Waals surface area contributed by atoms with Crippen molar-refractivity contribution in [3.8, 4) is 0 Å². The second-order valence-corrected chi connectivity index (χ2v) is 9.86. The minimum absolute atomic E-state index is 0.0676. The predicted molar refractivity (Wildman–Crippen MR) is 133 cm³/mol. The lowest BCUT2D eigenvalue weighted by Gasteiger charge is -2.29. The summed E-state index contributed by atoms with van der Waals surface area (Å²) in [5, 5.41) is 11.3. The maximum Gasteiger partial charge on any atom is 0.357 e. The molecule has 0 spiro atoms. The molecule has 2 aliphatic heterocycles. The summed E-state index contributed by atoms with van der Waals surface area (Å²) in [6.07, 6.45) is 0.720. The largest absolute Gasteiger partial charge is 0.396 e. The average Bonchev–Trinajstić information content (AvgIpc) is 3.36. The third-order valence-electron chi connectivity index (χ3n) is 6.56. The fraction of sp³-hybridized carbons (Fsp3) is 0.536. The second-order valence-electron chi connectivity index (χ2n) is 9.86. The number of aliphatic hydroxyl groups is 1. The molecule has 0 saturated carbocycles. The van der Waals surface area contributed by atoms with Crippen LogP contribution in [0.4, 0.5) is 0 Å². The van der Waals surface area contributed by atoms with Gasteiger partial charge in [-0.15, -0.1) is 5.06 Å². The van der Waals surface area contributed by atoms with Crippen LogP contribution in [0.5, 0.6) is 0 Å². The lowest BCUT2D eigenvalue weighted by molar-refractivity contribution is -0.229. The Morgan fingerprint density at radius 3 is 2.39 bits per heavy atom. The van der Waals surface area contributed by atoms with Crippen molar-refractivity contribution in [3.05, 3.63) is 71.8 Å². The van der Waals surface area contributed by atoms with Crippen molar-refractivity contribution in [2.24, 2.45) is 5.92 Å². The van der Waals surface area contributed by atoms with E-state index in [1.807, 2.05) is 62.4 Å². The summed E-state index contributed by atoms with van der Waals surface area (Å²) >= 11 is 0. The summed E-state index contributed by atoms with van der Waals surface area (Å²) in [7, 11) is 1.60. The van der Waals surface area contributed by atoms with Crippen molar-refractivity contribution in [2.75, 3.05) is 20.3 Å². The van der Waals surface area contributed by atoms with Gasteiger partial charge >= 0.3 is 5.97 Å². The van der Waals surface area contributed by atoms with Crippen LogP contribution < -0.4 is 0 Å². The van der Waals surface area contributed by atoms with Crippen LogP contribution in [0.2, 0.25) is 0 Å². The lowest BCUT2D eigenvalue weighted by Crippen LogP contribution is -2.36. The zero-order valence-corrected chi connectivity index (χ0v) is 21.2. The van der Waals surface area contributed by atoms with Gasteiger partial charge in [-0.1, -0.05) is 48.5 Å². The van der Waals surface area contributed by atoms with Crippen molar-refractivity contribution in [1.82, 2.24) is 5.06 Å². The third kappa shape index (κ3) is 6.91. The first kappa shape index (κ1) is 26.7. The van der Waals surface area contributed by atoms with Crippen molar-refractivity contribution in [3.63, 3.8) is 0 Å². The van der Waals surface area contributed by atoms with Crippen LogP contribution in [0.25, 0.3) is 0 Å². The van der Waals surface area contributed by atoms with E-state index in [4.69, 9.17) is 23.8 Å². The van der Waals surface area contributed by atoms with Gasteiger partial charge in [0.2, 0.25) is 0 Å². The van der Waals surface area contributed by atoms with Crippen LogP contribution in [0.1, 0.15) is 49.0 Å². The number of methoxy groups -OCH3 is 1. The van der Waals surface area contributed by atoms with Crippen molar-refractivity contribution >= 4 is 5.97 Å². The van der Waals surface area contributed by atoms with E-state index in [9.17, 15) is 9.90 Å². The number of aliphatic hydroxyl groups excluding tert-OH is 1. The molecule has 2 heterocycles. The maximum atomic E-state index is 12.9. The Morgan fingerprint density at radius 1 is 1.06 bits per heavy atom. The zero-order chi connectivity index (χ0) is 25.5. The average molecular weight is 500 g/mol. The number of nitrogens with zero attached hydrogens (tertiary/aromatic N) is 1. The molecule has 0 bridgehead atoms. The fourth-order valence-corrected chi connectivity index (χ4v) is 4.97. The van der Waals surface area contributed by atoms with Crippen molar-refractivity contribution in [2.45, 2.75) is 70.0 Å². The lowest BCUT2D eigenvalue weighted by atomic mass is 9.93. The smallest absolute Gasteiger partial charge is 0.357 e. The summed E-state index contributed by atoms with van der Waals surface area (Å²) in [6, 6.07) is 18.9. The number of carbonyl (C=O) groups is 1. The first-order chi connectivity index (χ1) is 17.4. The molecule has 2 aromatic rings. The number of carbonyl (C=O) groups excluding carboxylic acids is 1. The Labute approximate surface area is 213 Å². The molecule has 0 radical (unpaired) electrons. The Balaban J connectivity index is 1.49. The molecule has 196 valence electrons. The number of fused-ring (bicyclic) bond motifs is 1. The SMILES string of the molecule is CO[C@@H]1O[C@H](C[C@H](CCCO)CN(Cc2ccccc2)OC(=O)c2ccccc2)C2OC(C)(C)OC21. The van der Waals surface area contributed by atoms with Gasteiger partial charge in [0.05, 0.1) is 18.2 Å². The molecule has 0 aromatic heterocycles. The van der Waals surface area contributed by atoms with Gasteiger partial charge < -0.3 is 28.9 Å². The van der Waals surface area contributed by atoms with E-state index in [1.165, 1.54) is 0 Å². The standard InChI is InChI=1S/C28H37NO7/c1-28(2)34-24-23(33-27(32-3)25(24)35-28)17-21(13-10-16-30)19-29(18-20-11-6-4-7-12-20)36-26(31)22-14-8-5-9-15-22/h4-9,11-12,14-15,21,23-25,27,30H,10,13,16-19H2,1-3H3/t21-,23+,24?,25?,27+/m0/s1. The highest BCUT2D eigenvalue weighted by molar-refractivity contribution is 5.89. The molecule has 36 heavy (non-hydrogen) atoms. The number of hydrogen-bond donors (Lipinski definition) is 1. The van der Waals surface area contributed by atoms with E-state index in [-0.39, 0.29) is 30.8 Å². The van der Waals surface area contributed by atoms with Crippen molar-refractivity contribution in [1.29, 1.82) is 0 Å². The molecular formula is C28H37NO7. The van der Waals surface area contributed by atoms with E-state index in [1.54, 1.807) is 24.3 Å². The first-order valence-electron chi connectivity index (χ1n) is 12.6. The normalized spacial score (nSPS) is 25.6. The highest BCUT2D eigenvalue weighted by Crippen LogP contribution is 2.41. The summed E-state index contributed by atoms with van der Waals surface area (Å²) in [5.74, 6) is -1.05. The predicted octanol–water partition coefficient (Wildman–Crippen LogP) is 3.93. The van der Waals surface area contributed by atoms with Gasteiger partial charge in [0, 0.05) is 20.3 Å². The van der Waals surface area contributed by atoms with Gasteiger partial charge in [-0.2, -0.15) is 0 Å².